The second-order valence-electron chi connectivity index (χ2n) is 2.51. The molecule has 0 N–H and O–H groups in total. The molecule has 0 bridgehead atoms. The second-order valence-corrected chi connectivity index (χ2v) is 2.51. The number of methoxy groups -OCH3 is 1. The lowest BCUT2D eigenvalue weighted by molar-refractivity contribution is -0.114. The largest absolute Gasteiger partial charge is 0.377 e. The average Bonchev–Trinajstić information content (AvgIpc) is 2.04. The fraction of sp³-hybridized carbons (Fsp3) is 0.625. The van der Waals surface area contributed by atoms with E-state index >= 15 is 0 Å². The summed E-state index contributed by atoms with van der Waals surface area (Å²) >= 11 is 0. The third-order valence-electron chi connectivity index (χ3n) is 1.86. The summed E-state index contributed by atoms with van der Waals surface area (Å²) in [6.07, 6.45) is 6.96. The van der Waals surface area contributed by atoms with Crippen molar-refractivity contribution in [2.45, 2.75) is 18.9 Å². The Hall–Kier alpha value is -0.630. The maximum atomic E-state index is 10.4. The van der Waals surface area contributed by atoms with Gasteiger partial charge in [-0.2, -0.15) is 0 Å². The van der Waals surface area contributed by atoms with Crippen molar-refractivity contribution in [3.63, 3.8) is 0 Å². The summed E-state index contributed by atoms with van der Waals surface area (Å²) in [6, 6.07) is 0. The molecule has 1 aliphatic carbocycles. The molecule has 0 spiro atoms. The fourth-order valence-electron chi connectivity index (χ4n) is 1.22. The molecular formula is C8H12O2. The van der Waals surface area contributed by atoms with Crippen molar-refractivity contribution < 1.29 is 9.53 Å². The van der Waals surface area contributed by atoms with Gasteiger partial charge in [-0.15, -0.1) is 0 Å². The highest BCUT2D eigenvalue weighted by Gasteiger charge is 2.19. The van der Waals surface area contributed by atoms with E-state index in [1.165, 1.54) is 0 Å². The van der Waals surface area contributed by atoms with Crippen LogP contribution in [-0.2, 0) is 9.53 Å². The molecule has 0 aliphatic heterocycles. The summed E-state index contributed by atoms with van der Waals surface area (Å²) in [5, 5.41) is 0. The molecule has 0 heterocycles. The summed E-state index contributed by atoms with van der Waals surface area (Å²) in [6.45, 7) is 0. The van der Waals surface area contributed by atoms with Gasteiger partial charge in [0.1, 0.15) is 6.29 Å². The predicted octanol–water partition coefficient (Wildman–Crippen LogP) is 1.17. The Morgan fingerprint density at radius 2 is 2.50 bits per heavy atom. The molecule has 1 rings (SSSR count). The molecule has 2 nitrogen and oxygen atoms in total. The van der Waals surface area contributed by atoms with Crippen molar-refractivity contribution in [3.05, 3.63) is 12.2 Å². The van der Waals surface area contributed by atoms with Crippen molar-refractivity contribution >= 4 is 6.29 Å². The second kappa shape index (κ2) is 3.52. The number of aldehydes is 1. The molecule has 2 heteroatoms. The normalized spacial score (nSPS) is 32.1. The Balaban J connectivity index is 2.55. The van der Waals surface area contributed by atoms with Gasteiger partial charge in [-0.05, 0) is 12.8 Å². The number of carbonyl (C=O) groups excluding carboxylic acids is 1. The SMILES string of the molecule is COC1C=CCCC1C=O. The zero-order valence-corrected chi connectivity index (χ0v) is 6.12. The standard InChI is InChI=1S/C8H12O2/c1-10-8-5-3-2-4-7(8)6-9/h3,5-8H,2,4H2,1H3. The molecule has 2 unspecified atom stereocenters. The minimum atomic E-state index is 0.0197. The van der Waals surface area contributed by atoms with Crippen LogP contribution in [0.25, 0.3) is 0 Å². The van der Waals surface area contributed by atoms with Crippen LogP contribution in [0, 0.1) is 5.92 Å². The van der Waals surface area contributed by atoms with Crippen LogP contribution in [0.3, 0.4) is 0 Å². The summed E-state index contributed by atoms with van der Waals surface area (Å²) in [5.41, 5.74) is 0. The topological polar surface area (TPSA) is 26.3 Å². The first-order valence-corrected chi connectivity index (χ1v) is 3.53. The van der Waals surface area contributed by atoms with Gasteiger partial charge in [0, 0.05) is 13.0 Å². The van der Waals surface area contributed by atoms with Crippen LogP contribution in [0.15, 0.2) is 12.2 Å². The van der Waals surface area contributed by atoms with E-state index < -0.39 is 0 Å². The predicted molar refractivity (Wildman–Crippen MR) is 38.7 cm³/mol. The number of hydrogen-bond donors (Lipinski definition) is 0. The van der Waals surface area contributed by atoms with Crippen molar-refractivity contribution in [1.82, 2.24) is 0 Å². The zero-order valence-electron chi connectivity index (χ0n) is 6.12. The quantitative estimate of drug-likeness (QED) is 0.425. The van der Waals surface area contributed by atoms with E-state index in [9.17, 15) is 4.79 Å². The number of carbonyl (C=O) groups is 1. The minimum absolute atomic E-state index is 0.0197. The van der Waals surface area contributed by atoms with Crippen molar-refractivity contribution in [3.8, 4) is 0 Å². The van der Waals surface area contributed by atoms with Gasteiger partial charge in [0.05, 0.1) is 6.10 Å². The number of ether oxygens (including phenoxy) is 1. The molecule has 0 radical (unpaired) electrons. The van der Waals surface area contributed by atoms with E-state index in [1.807, 2.05) is 6.08 Å². The third-order valence-corrected chi connectivity index (χ3v) is 1.86. The lowest BCUT2D eigenvalue weighted by Gasteiger charge is -2.20. The summed E-state index contributed by atoms with van der Waals surface area (Å²) in [5.74, 6) is 0.0787. The van der Waals surface area contributed by atoms with Crippen molar-refractivity contribution in [2.75, 3.05) is 7.11 Å². The number of rotatable bonds is 2. The van der Waals surface area contributed by atoms with Crippen LogP contribution in [-0.4, -0.2) is 19.5 Å². The first kappa shape index (κ1) is 7.48. The molecule has 0 fully saturated rings. The Morgan fingerprint density at radius 3 is 3.00 bits per heavy atom. The lowest BCUT2D eigenvalue weighted by Crippen LogP contribution is -2.24. The van der Waals surface area contributed by atoms with Gasteiger partial charge in [-0.3, -0.25) is 0 Å². The molecule has 0 aromatic heterocycles. The molecular weight excluding hydrogens is 128 g/mol. The van der Waals surface area contributed by atoms with Crippen LogP contribution in [0.5, 0.6) is 0 Å². The summed E-state index contributed by atoms with van der Waals surface area (Å²) in [7, 11) is 1.64. The summed E-state index contributed by atoms with van der Waals surface area (Å²) < 4.78 is 5.08. The monoisotopic (exact) mass is 140 g/mol. The van der Waals surface area contributed by atoms with Crippen LogP contribution in [0.1, 0.15) is 12.8 Å². The number of allylic oxidation sites excluding steroid dienone is 1. The van der Waals surface area contributed by atoms with Gasteiger partial charge in [-0.25, -0.2) is 0 Å². The van der Waals surface area contributed by atoms with E-state index in [1.54, 1.807) is 7.11 Å². The Labute approximate surface area is 60.9 Å². The van der Waals surface area contributed by atoms with Gasteiger partial charge in [0.15, 0.2) is 0 Å². The minimum Gasteiger partial charge on any atom is -0.377 e. The smallest absolute Gasteiger partial charge is 0.126 e. The van der Waals surface area contributed by atoms with Gasteiger partial charge < -0.3 is 9.53 Å². The van der Waals surface area contributed by atoms with Gasteiger partial charge in [0.2, 0.25) is 0 Å². The molecule has 0 aromatic carbocycles. The first-order valence-electron chi connectivity index (χ1n) is 3.53. The summed E-state index contributed by atoms with van der Waals surface area (Å²) in [4.78, 5) is 10.4. The highest BCUT2D eigenvalue weighted by atomic mass is 16.5. The Morgan fingerprint density at radius 1 is 1.70 bits per heavy atom. The molecule has 0 aromatic rings. The van der Waals surface area contributed by atoms with Crippen LogP contribution in [0.2, 0.25) is 0 Å². The van der Waals surface area contributed by atoms with Gasteiger partial charge >= 0.3 is 0 Å². The molecule has 0 saturated carbocycles. The maximum Gasteiger partial charge on any atom is 0.126 e. The highest BCUT2D eigenvalue weighted by molar-refractivity contribution is 5.55. The fourth-order valence-corrected chi connectivity index (χ4v) is 1.22. The van der Waals surface area contributed by atoms with E-state index in [4.69, 9.17) is 4.74 Å². The number of hydrogen-bond acceptors (Lipinski definition) is 2. The molecule has 0 saturated heterocycles. The van der Waals surface area contributed by atoms with Crippen LogP contribution >= 0.6 is 0 Å². The van der Waals surface area contributed by atoms with E-state index in [0.717, 1.165) is 19.1 Å². The van der Waals surface area contributed by atoms with Crippen LogP contribution < -0.4 is 0 Å². The molecule has 10 heavy (non-hydrogen) atoms. The molecule has 56 valence electrons. The van der Waals surface area contributed by atoms with Gasteiger partial charge in [-0.1, -0.05) is 12.2 Å². The maximum absolute atomic E-state index is 10.4. The molecule has 1 aliphatic rings. The van der Waals surface area contributed by atoms with Gasteiger partial charge in [0.25, 0.3) is 0 Å². The van der Waals surface area contributed by atoms with Crippen molar-refractivity contribution in [1.29, 1.82) is 0 Å². The van der Waals surface area contributed by atoms with Crippen molar-refractivity contribution in [2.24, 2.45) is 5.92 Å². The molecule has 0 amide bonds. The van der Waals surface area contributed by atoms with E-state index in [-0.39, 0.29) is 12.0 Å². The average molecular weight is 140 g/mol. The molecule has 2 atom stereocenters. The Bertz CT molecular complexity index is 140. The van der Waals surface area contributed by atoms with E-state index in [2.05, 4.69) is 6.08 Å². The third kappa shape index (κ3) is 1.45. The zero-order chi connectivity index (χ0) is 7.40. The van der Waals surface area contributed by atoms with Crippen LogP contribution in [0.4, 0.5) is 0 Å². The van der Waals surface area contributed by atoms with E-state index in [0.29, 0.717) is 0 Å². The Kier molecular flexibility index (Phi) is 2.63. The highest BCUT2D eigenvalue weighted by Crippen LogP contribution is 2.18. The first-order chi connectivity index (χ1) is 4.88. The lowest BCUT2D eigenvalue weighted by atomic mass is 9.93.